The predicted molar refractivity (Wildman–Crippen MR) is 150 cm³/mol. The van der Waals surface area contributed by atoms with Gasteiger partial charge in [0.05, 0.1) is 13.3 Å². The number of methoxy groups -OCH3 is 1. The molecule has 6 rings (SSSR count). The summed E-state index contributed by atoms with van der Waals surface area (Å²) in [5.74, 6) is 2.24. The Hall–Kier alpha value is -2.50. The minimum absolute atomic E-state index is 0.100. The maximum absolute atomic E-state index is 15.1. The molecule has 0 amide bonds. The lowest BCUT2D eigenvalue weighted by Crippen LogP contribution is -2.61. The molecule has 0 spiro atoms. The Morgan fingerprint density at radius 2 is 1.97 bits per heavy atom. The first-order valence-electron chi connectivity index (χ1n) is 15.0. The number of ketones is 1. The standard InChI is InChI=1S/C33H43N3O3/c1-21(13-18-28(37)39-4)25-16-17-26-24-15-14-23-12-8-9-19-32(23,2)29(24)30(31(38)33(25,26)3)36-20-27(34-35-36)22-10-6-5-7-11-22/h5-8,10-11,15,20-21,23-26,29-30H,9,12-14,16-19H2,1-4H3/t21-,23+,24?,25?,26?,29?,30+,32+,33-/m1/s1. The number of rotatable bonds is 6. The molecule has 0 aliphatic heterocycles. The molecular formula is C33H43N3O3. The first-order chi connectivity index (χ1) is 18.8. The van der Waals surface area contributed by atoms with E-state index in [0.29, 0.717) is 30.0 Å². The molecule has 0 bridgehead atoms. The van der Waals surface area contributed by atoms with E-state index in [1.54, 1.807) is 0 Å². The first-order valence-corrected chi connectivity index (χ1v) is 15.0. The fraction of sp³-hybridized carbons (Fsp3) is 0.636. The molecule has 1 heterocycles. The average Bonchev–Trinajstić information content (AvgIpc) is 3.58. The van der Waals surface area contributed by atoms with Crippen LogP contribution in [0.1, 0.15) is 78.2 Å². The van der Waals surface area contributed by atoms with Crippen LogP contribution < -0.4 is 0 Å². The predicted octanol–water partition coefficient (Wildman–Crippen LogP) is 6.54. The lowest BCUT2D eigenvalue weighted by molar-refractivity contribution is -0.162. The van der Waals surface area contributed by atoms with Crippen molar-refractivity contribution in [1.82, 2.24) is 15.0 Å². The molecule has 1 aromatic carbocycles. The molecule has 0 N–H and O–H groups in total. The van der Waals surface area contributed by atoms with Crippen LogP contribution in [-0.2, 0) is 14.3 Å². The van der Waals surface area contributed by atoms with E-state index in [0.717, 1.165) is 56.2 Å². The third-order valence-corrected chi connectivity index (χ3v) is 11.7. The highest BCUT2D eigenvalue weighted by Crippen LogP contribution is 2.69. The van der Waals surface area contributed by atoms with Gasteiger partial charge in [0.25, 0.3) is 0 Å². The van der Waals surface area contributed by atoms with Crippen molar-refractivity contribution in [3.05, 3.63) is 49.4 Å². The molecule has 4 aliphatic carbocycles. The van der Waals surface area contributed by atoms with Gasteiger partial charge in [0.15, 0.2) is 5.78 Å². The van der Waals surface area contributed by atoms with Crippen LogP contribution in [-0.4, -0.2) is 33.9 Å². The Labute approximate surface area is 233 Å². The van der Waals surface area contributed by atoms with Crippen molar-refractivity contribution in [3.8, 4) is 11.3 Å². The van der Waals surface area contributed by atoms with Crippen LogP contribution in [0.25, 0.3) is 11.3 Å². The lowest BCUT2D eigenvalue weighted by atomic mass is 9.43. The summed E-state index contributed by atoms with van der Waals surface area (Å²) in [7, 11) is 1.45. The van der Waals surface area contributed by atoms with Gasteiger partial charge >= 0.3 is 5.97 Å². The van der Waals surface area contributed by atoms with Crippen LogP contribution in [0.5, 0.6) is 0 Å². The van der Waals surface area contributed by atoms with E-state index in [4.69, 9.17) is 4.74 Å². The molecule has 6 nitrogen and oxygen atoms in total. The van der Waals surface area contributed by atoms with Crippen molar-refractivity contribution in [2.45, 2.75) is 78.2 Å². The summed E-state index contributed by atoms with van der Waals surface area (Å²) in [4.78, 5) is 27.0. The minimum Gasteiger partial charge on any atom is -0.469 e. The third-order valence-electron chi connectivity index (χ3n) is 11.7. The molecule has 1 aromatic heterocycles. The number of Topliss-reactive ketones (excluding diaryl/α,β-unsaturated/α-hetero) is 1. The molecular weight excluding hydrogens is 486 g/mol. The SMILES string of the molecule is COC(=O)CC[C@@H](C)C1CCC2C3[CH]C[C@@H]4C[CH]CC[C@]4(C)C3[C@H](n3cc(-c4ccccc4)nn3)C(=O)[C@@]21C. The van der Waals surface area contributed by atoms with E-state index in [1.165, 1.54) is 7.11 Å². The molecule has 4 unspecified atom stereocenters. The highest BCUT2D eigenvalue weighted by Gasteiger charge is 2.67. The van der Waals surface area contributed by atoms with Gasteiger partial charge in [0, 0.05) is 17.4 Å². The Bertz CT molecular complexity index is 1210. The van der Waals surface area contributed by atoms with Gasteiger partial charge in [-0.25, -0.2) is 4.68 Å². The summed E-state index contributed by atoms with van der Waals surface area (Å²) in [6, 6.07) is 9.81. The molecule has 4 aliphatic rings. The van der Waals surface area contributed by atoms with E-state index < -0.39 is 5.41 Å². The second-order valence-corrected chi connectivity index (χ2v) is 13.3. The highest BCUT2D eigenvalue weighted by molar-refractivity contribution is 5.91. The zero-order valence-electron chi connectivity index (χ0n) is 23.9. The van der Waals surface area contributed by atoms with Crippen molar-refractivity contribution in [3.63, 3.8) is 0 Å². The zero-order valence-corrected chi connectivity index (χ0v) is 23.9. The largest absolute Gasteiger partial charge is 0.469 e. The number of ether oxygens (including phenoxy) is 1. The molecule has 0 saturated heterocycles. The number of esters is 1. The van der Waals surface area contributed by atoms with Crippen molar-refractivity contribution in [2.24, 2.45) is 46.3 Å². The summed E-state index contributed by atoms with van der Waals surface area (Å²) in [5, 5.41) is 9.25. The molecule has 6 heteroatoms. The number of nitrogens with zero attached hydrogens (tertiary/aromatic N) is 3. The Kier molecular flexibility index (Phi) is 6.96. The molecule has 4 saturated carbocycles. The van der Waals surface area contributed by atoms with Crippen molar-refractivity contribution in [1.29, 1.82) is 0 Å². The highest BCUT2D eigenvalue weighted by atomic mass is 16.5. The summed E-state index contributed by atoms with van der Waals surface area (Å²) in [6.07, 6.45) is 14.9. The Morgan fingerprint density at radius 1 is 1.18 bits per heavy atom. The van der Waals surface area contributed by atoms with Gasteiger partial charge in [0.2, 0.25) is 0 Å². The molecule has 39 heavy (non-hydrogen) atoms. The number of carbonyl (C=O) groups is 2. The van der Waals surface area contributed by atoms with Gasteiger partial charge in [-0.1, -0.05) is 56.3 Å². The van der Waals surface area contributed by atoms with Gasteiger partial charge in [-0.3, -0.25) is 9.59 Å². The maximum Gasteiger partial charge on any atom is 0.305 e. The number of hydrogen-bond acceptors (Lipinski definition) is 5. The minimum atomic E-state index is -0.444. The van der Waals surface area contributed by atoms with Gasteiger partial charge in [0.1, 0.15) is 11.7 Å². The van der Waals surface area contributed by atoms with E-state index in [-0.39, 0.29) is 35.2 Å². The normalized spacial score (nSPS) is 38.4. The van der Waals surface area contributed by atoms with Gasteiger partial charge in [-0.2, -0.15) is 0 Å². The summed E-state index contributed by atoms with van der Waals surface area (Å²) < 4.78 is 6.87. The summed E-state index contributed by atoms with van der Waals surface area (Å²) >= 11 is 0. The fourth-order valence-electron chi connectivity index (χ4n) is 9.54. The van der Waals surface area contributed by atoms with E-state index in [9.17, 15) is 4.79 Å². The topological polar surface area (TPSA) is 74.1 Å². The molecule has 4 fully saturated rings. The number of carbonyl (C=O) groups excluding carboxylic acids is 2. The van der Waals surface area contributed by atoms with Crippen molar-refractivity contribution >= 4 is 11.8 Å². The summed E-state index contributed by atoms with van der Waals surface area (Å²) in [6.45, 7) is 6.96. The van der Waals surface area contributed by atoms with Gasteiger partial charge < -0.3 is 4.74 Å². The first kappa shape index (κ1) is 26.7. The second-order valence-electron chi connectivity index (χ2n) is 13.3. The van der Waals surface area contributed by atoms with E-state index in [1.807, 2.05) is 29.1 Å². The van der Waals surface area contributed by atoms with Crippen LogP contribution in [0, 0.1) is 59.2 Å². The lowest BCUT2D eigenvalue weighted by Gasteiger charge is -2.62. The van der Waals surface area contributed by atoms with Crippen LogP contribution in [0.3, 0.4) is 0 Å². The summed E-state index contributed by atoms with van der Waals surface area (Å²) in [5.41, 5.74) is 1.50. The molecule has 2 radical (unpaired) electrons. The smallest absolute Gasteiger partial charge is 0.305 e. The van der Waals surface area contributed by atoms with E-state index in [2.05, 4.69) is 56.1 Å². The number of hydrogen-bond donors (Lipinski definition) is 0. The molecule has 208 valence electrons. The van der Waals surface area contributed by atoms with Gasteiger partial charge in [-0.05, 0) is 98.7 Å². The maximum atomic E-state index is 15.1. The third kappa shape index (κ3) is 4.19. The van der Waals surface area contributed by atoms with Crippen LogP contribution in [0.15, 0.2) is 36.5 Å². The average molecular weight is 530 g/mol. The molecule has 2 aromatic rings. The van der Waals surface area contributed by atoms with Crippen LogP contribution in [0.4, 0.5) is 0 Å². The fourth-order valence-corrected chi connectivity index (χ4v) is 9.54. The number of aromatic nitrogens is 3. The number of benzene rings is 1. The van der Waals surface area contributed by atoms with Crippen molar-refractivity contribution < 1.29 is 14.3 Å². The van der Waals surface area contributed by atoms with E-state index >= 15 is 4.79 Å². The Balaban J connectivity index is 1.41. The number of fused-ring (bicyclic) bond motifs is 5. The zero-order chi connectivity index (χ0) is 27.4. The Morgan fingerprint density at radius 3 is 2.74 bits per heavy atom. The monoisotopic (exact) mass is 529 g/mol. The van der Waals surface area contributed by atoms with Crippen LogP contribution in [0.2, 0.25) is 0 Å². The van der Waals surface area contributed by atoms with Crippen molar-refractivity contribution in [2.75, 3.05) is 7.11 Å². The molecule has 9 atom stereocenters. The quantitative estimate of drug-likeness (QED) is 0.397. The van der Waals surface area contributed by atoms with Crippen LogP contribution >= 0.6 is 0 Å². The second kappa shape index (κ2) is 10.2. The van der Waals surface area contributed by atoms with Gasteiger partial charge in [-0.15, -0.1) is 5.10 Å².